The van der Waals surface area contributed by atoms with Crippen LogP contribution < -0.4 is 0 Å². The zero-order valence-electron chi connectivity index (χ0n) is 7.57. The zero-order chi connectivity index (χ0) is 8.53. The van der Waals surface area contributed by atoms with Gasteiger partial charge in [-0.2, -0.15) is 0 Å². The van der Waals surface area contributed by atoms with Crippen LogP contribution in [0.4, 0.5) is 0 Å². The molecule has 0 aromatic heterocycles. The van der Waals surface area contributed by atoms with Crippen LogP contribution in [0.25, 0.3) is 0 Å². The third kappa shape index (κ3) is 9.67. The number of hydrogen-bond acceptors (Lipinski definition) is 1. The Hall–Kier alpha value is -0.330. The topological polar surface area (TPSA) is 17.1 Å². The van der Waals surface area contributed by atoms with Gasteiger partial charge in [-0.3, -0.25) is 0 Å². The second-order valence-electron chi connectivity index (χ2n) is 3.07. The van der Waals surface area contributed by atoms with Crippen molar-refractivity contribution >= 4 is 5.78 Å². The van der Waals surface area contributed by atoms with E-state index >= 15 is 0 Å². The first-order valence-corrected chi connectivity index (χ1v) is 4.56. The molecule has 0 saturated carbocycles. The minimum Gasteiger partial charge on any atom is -0.300 e. The fraction of sp³-hybridized carbons (Fsp3) is 0.800. The lowest BCUT2D eigenvalue weighted by Crippen LogP contribution is -1.88. The molecule has 11 heavy (non-hydrogen) atoms. The summed E-state index contributed by atoms with van der Waals surface area (Å²) in [6.07, 6.45) is 7.88. The van der Waals surface area contributed by atoms with Crippen molar-refractivity contribution in [3.05, 3.63) is 6.92 Å². The molecule has 0 atom stereocenters. The molecule has 0 aromatic rings. The molecule has 0 aliphatic heterocycles. The predicted octanol–water partition coefficient (Wildman–Crippen LogP) is 3.14. The Morgan fingerprint density at radius 1 is 1.09 bits per heavy atom. The third-order valence-corrected chi connectivity index (χ3v) is 1.78. The highest BCUT2D eigenvalue weighted by Crippen LogP contribution is 2.06. The fourth-order valence-electron chi connectivity index (χ4n) is 1.08. The average Bonchev–Trinajstić information content (AvgIpc) is 1.96. The monoisotopic (exact) mass is 155 g/mol. The SMILES string of the molecule is [CH2]CCCCCCCC(C)=O. The summed E-state index contributed by atoms with van der Waals surface area (Å²) in [4.78, 5) is 10.5. The Kier molecular flexibility index (Phi) is 7.54. The number of carbonyl (C=O) groups excluding carboxylic acids is 1. The summed E-state index contributed by atoms with van der Waals surface area (Å²) in [5.41, 5.74) is 0. The minimum absolute atomic E-state index is 0.321. The molecule has 1 nitrogen and oxygen atoms in total. The van der Waals surface area contributed by atoms with Gasteiger partial charge in [-0.1, -0.05) is 39.0 Å². The summed E-state index contributed by atoms with van der Waals surface area (Å²) in [7, 11) is 0. The number of Topliss-reactive ketones (excluding diaryl/α,β-unsaturated/α-hetero) is 1. The van der Waals surface area contributed by atoms with Gasteiger partial charge in [0.15, 0.2) is 0 Å². The molecule has 0 N–H and O–H groups in total. The Labute approximate surface area is 70.2 Å². The molecule has 1 radical (unpaired) electrons. The largest absolute Gasteiger partial charge is 0.300 e. The molecule has 0 unspecified atom stereocenters. The molecule has 0 aliphatic rings. The van der Waals surface area contributed by atoms with Crippen molar-refractivity contribution in [1.82, 2.24) is 0 Å². The smallest absolute Gasteiger partial charge is 0.129 e. The van der Waals surface area contributed by atoms with Crippen molar-refractivity contribution in [1.29, 1.82) is 0 Å². The van der Waals surface area contributed by atoms with Gasteiger partial charge >= 0.3 is 0 Å². The van der Waals surface area contributed by atoms with Gasteiger partial charge in [-0.05, 0) is 13.3 Å². The molecule has 0 amide bonds. The Bertz CT molecular complexity index is 97.0. The van der Waals surface area contributed by atoms with Crippen LogP contribution in [0.5, 0.6) is 0 Å². The van der Waals surface area contributed by atoms with Crippen molar-refractivity contribution in [2.24, 2.45) is 0 Å². The van der Waals surface area contributed by atoms with Crippen molar-refractivity contribution < 1.29 is 4.79 Å². The number of ketones is 1. The summed E-state index contributed by atoms with van der Waals surface area (Å²) in [5, 5.41) is 0. The Morgan fingerprint density at radius 3 is 2.18 bits per heavy atom. The normalized spacial score (nSPS) is 10.0. The molecule has 0 aromatic carbocycles. The lowest BCUT2D eigenvalue weighted by atomic mass is 10.1. The highest BCUT2D eigenvalue weighted by molar-refractivity contribution is 5.75. The minimum atomic E-state index is 0.321. The zero-order valence-corrected chi connectivity index (χ0v) is 7.57. The van der Waals surface area contributed by atoms with Gasteiger partial charge in [0.05, 0.1) is 0 Å². The second-order valence-corrected chi connectivity index (χ2v) is 3.07. The molecule has 65 valence electrons. The van der Waals surface area contributed by atoms with Crippen LogP contribution in [-0.4, -0.2) is 5.78 Å². The van der Waals surface area contributed by atoms with E-state index < -0.39 is 0 Å². The van der Waals surface area contributed by atoms with Gasteiger partial charge in [-0.15, -0.1) is 0 Å². The number of hydrogen-bond donors (Lipinski definition) is 0. The lowest BCUT2D eigenvalue weighted by Gasteiger charge is -1.97. The third-order valence-electron chi connectivity index (χ3n) is 1.78. The molecule has 0 saturated heterocycles. The van der Waals surface area contributed by atoms with Crippen LogP contribution in [0.2, 0.25) is 0 Å². The van der Waals surface area contributed by atoms with Crippen molar-refractivity contribution in [3.63, 3.8) is 0 Å². The average molecular weight is 155 g/mol. The van der Waals surface area contributed by atoms with E-state index in [0.717, 1.165) is 19.3 Å². The van der Waals surface area contributed by atoms with Crippen molar-refractivity contribution in [2.45, 2.75) is 51.9 Å². The summed E-state index contributed by atoms with van der Waals surface area (Å²) in [6, 6.07) is 0. The van der Waals surface area contributed by atoms with Crippen LogP contribution in [0.3, 0.4) is 0 Å². The van der Waals surface area contributed by atoms with Crippen LogP contribution in [-0.2, 0) is 4.79 Å². The van der Waals surface area contributed by atoms with Gasteiger partial charge in [0.1, 0.15) is 5.78 Å². The second kappa shape index (κ2) is 7.77. The van der Waals surface area contributed by atoms with Crippen LogP contribution in [0.15, 0.2) is 0 Å². The Morgan fingerprint density at radius 2 is 1.64 bits per heavy atom. The maximum Gasteiger partial charge on any atom is 0.129 e. The first kappa shape index (κ1) is 10.7. The predicted molar refractivity (Wildman–Crippen MR) is 48.4 cm³/mol. The number of rotatable bonds is 7. The lowest BCUT2D eigenvalue weighted by molar-refractivity contribution is -0.117. The van der Waals surface area contributed by atoms with E-state index in [1.165, 1.54) is 25.7 Å². The molecule has 0 bridgehead atoms. The van der Waals surface area contributed by atoms with E-state index in [1.54, 1.807) is 6.92 Å². The molecule has 0 fully saturated rings. The van der Waals surface area contributed by atoms with Gasteiger partial charge in [-0.25, -0.2) is 0 Å². The van der Waals surface area contributed by atoms with Gasteiger partial charge < -0.3 is 4.79 Å². The van der Waals surface area contributed by atoms with Crippen LogP contribution >= 0.6 is 0 Å². The first-order chi connectivity index (χ1) is 5.27. The first-order valence-electron chi connectivity index (χ1n) is 4.56. The fourth-order valence-corrected chi connectivity index (χ4v) is 1.08. The molecule has 0 aliphatic carbocycles. The summed E-state index contributed by atoms with van der Waals surface area (Å²) in [6.45, 7) is 5.44. The van der Waals surface area contributed by atoms with E-state index in [2.05, 4.69) is 6.92 Å². The van der Waals surface area contributed by atoms with Gasteiger partial charge in [0.2, 0.25) is 0 Å². The number of carbonyl (C=O) groups is 1. The molecule has 1 heteroatoms. The van der Waals surface area contributed by atoms with E-state index in [1.807, 2.05) is 0 Å². The van der Waals surface area contributed by atoms with E-state index in [-0.39, 0.29) is 0 Å². The summed E-state index contributed by atoms with van der Waals surface area (Å²) >= 11 is 0. The van der Waals surface area contributed by atoms with E-state index in [9.17, 15) is 4.79 Å². The van der Waals surface area contributed by atoms with E-state index in [4.69, 9.17) is 0 Å². The van der Waals surface area contributed by atoms with E-state index in [0.29, 0.717) is 5.78 Å². The maximum atomic E-state index is 10.5. The van der Waals surface area contributed by atoms with Crippen LogP contribution in [0.1, 0.15) is 51.9 Å². The van der Waals surface area contributed by atoms with Crippen LogP contribution in [0, 0.1) is 6.92 Å². The molecule has 0 heterocycles. The molecular formula is C10H19O. The molecular weight excluding hydrogens is 136 g/mol. The summed E-state index contributed by atoms with van der Waals surface area (Å²) in [5.74, 6) is 0.321. The van der Waals surface area contributed by atoms with Gasteiger partial charge in [0, 0.05) is 6.42 Å². The standard InChI is InChI=1S/C10H19O/c1-3-4-5-6-7-8-9-10(2)11/h1,3-9H2,2H3. The quantitative estimate of drug-likeness (QED) is 0.516. The summed E-state index contributed by atoms with van der Waals surface area (Å²) < 4.78 is 0. The molecule has 0 spiro atoms. The van der Waals surface area contributed by atoms with Gasteiger partial charge in [0.25, 0.3) is 0 Å². The van der Waals surface area contributed by atoms with Crippen molar-refractivity contribution in [3.8, 4) is 0 Å². The highest BCUT2D eigenvalue weighted by atomic mass is 16.1. The van der Waals surface area contributed by atoms with Crippen molar-refractivity contribution in [2.75, 3.05) is 0 Å². The molecule has 0 rings (SSSR count). The Balaban J connectivity index is 2.85. The highest BCUT2D eigenvalue weighted by Gasteiger charge is 1.92. The maximum absolute atomic E-state index is 10.5. The number of unbranched alkanes of at least 4 members (excludes halogenated alkanes) is 5.